The molecule has 10 nitrogen and oxygen atoms in total. The number of nitro benzene ring substituents is 2. The van der Waals surface area contributed by atoms with Crippen LogP contribution in [-0.2, 0) is 11.0 Å². The molecule has 0 atom stereocenters. The Kier molecular flexibility index (Phi) is 8.20. The van der Waals surface area contributed by atoms with Crippen LogP contribution in [0.2, 0.25) is 10.0 Å². The third-order valence-electron chi connectivity index (χ3n) is 4.71. The molecule has 0 saturated heterocycles. The predicted molar refractivity (Wildman–Crippen MR) is 130 cm³/mol. The zero-order valence-electron chi connectivity index (χ0n) is 18.5. The highest BCUT2D eigenvalue weighted by atomic mass is 35.5. The first-order valence-electron chi connectivity index (χ1n) is 10.00. The molecule has 3 aromatic carbocycles. The largest absolute Gasteiger partial charge is 0.447 e. The Labute approximate surface area is 220 Å². The monoisotopic (exact) mass is 566 g/mol. The van der Waals surface area contributed by atoms with Crippen molar-refractivity contribution in [2.45, 2.75) is 6.18 Å². The van der Waals surface area contributed by atoms with Crippen LogP contribution in [0.1, 0.15) is 11.1 Å². The van der Waals surface area contributed by atoms with Crippen LogP contribution in [0, 0.1) is 31.6 Å². The van der Waals surface area contributed by atoms with Crippen LogP contribution in [-0.4, -0.2) is 15.8 Å². The summed E-state index contributed by atoms with van der Waals surface area (Å²) < 4.78 is 44.1. The van der Waals surface area contributed by atoms with Crippen molar-refractivity contribution in [3.63, 3.8) is 0 Å². The van der Waals surface area contributed by atoms with Gasteiger partial charge in [0, 0.05) is 11.8 Å². The zero-order chi connectivity index (χ0) is 28.2. The van der Waals surface area contributed by atoms with Crippen LogP contribution >= 0.6 is 23.2 Å². The molecule has 3 aromatic rings. The second-order valence-corrected chi connectivity index (χ2v) is 8.10. The summed E-state index contributed by atoms with van der Waals surface area (Å²) in [6.45, 7) is 0. The molecule has 0 bridgehead atoms. The lowest BCUT2D eigenvalue weighted by molar-refractivity contribution is -0.394. The number of nitrogens with one attached hydrogen (secondary N) is 1. The Hall–Kier alpha value is -4.67. The number of hydrogen-bond acceptors (Lipinski definition) is 7. The summed E-state index contributed by atoms with van der Waals surface area (Å²) in [6, 6.07) is 10.5. The molecule has 0 heterocycles. The van der Waals surface area contributed by atoms with Gasteiger partial charge in [-0.2, -0.15) is 18.4 Å². The Morgan fingerprint density at radius 3 is 2.24 bits per heavy atom. The molecule has 15 heteroatoms. The average molecular weight is 567 g/mol. The summed E-state index contributed by atoms with van der Waals surface area (Å²) in [5, 5.41) is 33.4. The van der Waals surface area contributed by atoms with E-state index >= 15 is 0 Å². The smallest absolute Gasteiger partial charge is 0.416 e. The van der Waals surface area contributed by atoms with Crippen molar-refractivity contribution >= 4 is 52.2 Å². The van der Waals surface area contributed by atoms with Crippen molar-refractivity contribution in [2.75, 3.05) is 5.32 Å². The Morgan fingerprint density at radius 2 is 1.68 bits per heavy atom. The summed E-state index contributed by atoms with van der Waals surface area (Å²) in [5.74, 6) is -1.67. The number of ether oxygens (including phenoxy) is 1. The number of alkyl halides is 3. The number of nitrogens with zero attached hydrogens (tertiary/aromatic N) is 3. The van der Waals surface area contributed by atoms with Crippen molar-refractivity contribution < 1.29 is 32.5 Å². The van der Waals surface area contributed by atoms with Gasteiger partial charge in [-0.1, -0.05) is 29.3 Å². The molecule has 1 amide bonds. The van der Waals surface area contributed by atoms with Crippen LogP contribution in [0.3, 0.4) is 0 Å². The van der Waals surface area contributed by atoms with E-state index in [2.05, 4.69) is 5.32 Å². The molecule has 0 aliphatic heterocycles. The number of non-ortho nitro benzene ring substituents is 1. The van der Waals surface area contributed by atoms with Gasteiger partial charge >= 0.3 is 11.9 Å². The molecule has 38 heavy (non-hydrogen) atoms. The number of nitro groups is 2. The van der Waals surface area contributed by atoms with Gasteiger partial charge in [-0.15, -0.1) is 0 Å². The number of amides is 1. The van der Waals surface area contributed by atoms with Crippen molar-refractivity contribution in [2.24, 2.45) is 0 Å². The van der Waals surface area contributed by atoms with Gasteiger partial charge in [0.25, 0.3) is 11.6 Å². The maximum absolute atomic E-state index is 12.9. The molecule has 0 spiro atoms. The van der Waals surface area contributed by atoms with Crippen LogP contribution in [0.15, 0.2) is 60.2 Å². The number of rotatable bonds is 7. The fourth-order valence-corrected chi connectivity index (χ4v) is 3.59. The van der Waals surface area contributed by atoms with Gasteiger partial charge in [0.1, 0.15) is 11.6 Å². The molecule has 194 valence electrons. The van der Waals surface area contributed by atoms with Crippen molar-refractivity contribution in [1.29, 1.82) is 5.26 Å². The first-order chi connectivity index (χ1) is 17.8. The lowest BCUT2D eigenvalue weighted by Crippen LogP contribution is -2.14. The Morgan fingerprint density at radius 1 is 1.03 bits per heavy atom. The predicted octanol–water partition coefficient (Wildman–Crippen LogP) is 7.17. The fourth-order valence-electron chi connectivity index (χ4n) is 3.01. The van der Waals surface area contributed by atoms with E-state index in [-0.39, 0.29) is 27.0 Å². The van der Waals surface area contributed by atoms with Gasteiger partial charge < -0.3 is 10.1 Å². The minimum absolute atomic E-state index is 0.112. The van der Waals surface area contributed by atoms with E-state index in [9.17, 15) is 43.5 Å². The maximum atomic E-state index is 12.9. The highest BCUT2D eigenvalue weighted by Gasteiger charge is 2.30. The van der Waals surface area contributed by atoms with Crippen LogP contribution < -0.4 is 10.1 Å². The van der Waals surface area contributed by atoms with Crippen LogP contribution in [0.4, 0.5) is 30.2 Å². The fraction of sp³-hybridized carbons (Fsp3) is 0.0435. The van der Waals surface area contributed by atoms with Gasteiger partial charge in [-0.05, 0) is 48.0 Å². The van der Waals surface area contributed by atoms with Crippen molar-refractivity contribution in [3.8, 4) is 17.6 Å². The molecule has 0 fully saturated rings. The normalized spacial score (nSPS) is 11.4. The highest BCUT2D eigenvalue weighted by molar-refractivity contribution is 6.37. The number of nitriles is 1. The molecule has 0 unspecified atom stereocenters. The standard InChI is InChI=1S/C23H11Cl2F3N4O6/c24-17-7-12(6-13(11-29)22(33)30-15-3-1-2-14(9-15)23(26,27)28)8-18(25)21(17)38-20-5-4-16(31(34)35)10-19(20)32(36)37/h1-10H,(H,30,33)/b13-6+. The van der Waals surface area contributed by atoms with Gasteiger partial charge in [-0.3, -0.25) is 25.0 Å². The van der Waals surface area contributed by atoms with E-state index in [1.807, 2.05) is 0 Å². The molecular weight excluding hydrogens is 556 g/mol. The molecule has 0 aliphatic carbocycles. The Bertz CT molecular complexity index is 1510. The number of anilines is 1. The number of carbonyl (C=O) groups excluding carboxylic acids is 1. The third-order valence-corrected chi connectivity index (χ3v) is 5.27. The van der Waals surface area contributed by atoms with E-state index in [0.29, 0.717) is 12.1 Å². The molecule has 0 aliphatic rings. The highest BCUT2D eigenvalue weighted by Crippen LogP contribution is 2.41. The summed E-state index contributed by atoms with van der Waals surface area (Å²) in [6.07, 6.45) is -3.58. The summed E-state index contributed by atoms with van der Waals surface area (Å²) >= 11 is 12.4. The molecule has 0 aromatic heterocycles. The summed E-state index contributed by atoms with van der Waals surface area (Å²) in [4.78, 5) is 33.0. The molecule has 0 radical (unpaired) electrons. The SMILES string of the molecule is N#C/C(=C\c1cc(Cl)c(Oc2ccc([N+](=O)[O-])cc2[N+](=O)[O-])c(Cl)c1)C(=O)Nc1cccc(C(F)(F)F)c1. The number of benzene rings is 3. The first-order valence-corrected chi connectivity index (χ1v) is 10.8. The molecular formula is C23H11Cl2F3N4O6. The van der Waals surface area contributed by atoms with E-state index in [1.165, 1.54) is 18.2 Å². The lowest BCUT2D eigenvalue weighted by atomic mass is 10.1. The van der Waals surface area contributed by atoms with E-state index in [4.69, 9.17) is 27.9 Å². The van der Waals surface area contributed by atoms with Crippen LogP contribution in [0.25, 0.3) is 6.08 Å². The van der Waals surface area contributed by atoms with Gasteiger partial charge in [-0.25, -0.2) is 0 Å². The van der Waals surface area contributed by atoms with E-state index in [0.717, 1.165) is 30.3 Å². The van der Waals surface area contributed by atoms with Crippen LogP contribution in [0.5, 0.6) is 11.5 Å². The average Bonchev–Trinajstić information content (AvgIpc) is 2.84. The number of halogens is 5. The Balaban J connectivity index is 1.89. The topological polar surface area (TPSA) is 148 Å². The minimum atomic E-state index is -4.64. The van der Waals surface area contributed by atoms with Gasteiger partial charge in [0.05, 0.1) is 31.5 Å². The molecule has 3 rings (SSSR count). The number of hydrogen-bond donors (Lipinski definition) is 1. The zero-order valence-corrected chi connectivity index (χ0v) is 20.0. The van der Waals surface area contributed by atoms with Gasteiger partial charge in [0.15, 0.2) is 5.75 Å². The lowest BCUT2D eigenvalue weighted by Gasteiger charge is -2.11. The quantitative estimate of drug-likeness (QED) is 0.138. The molecule has 0 saturated carbocycles. The second-order valence-electron chi connectivity index (χ2n) is 7.28. The van der Waals surface area contributed by atoms with E-state index < -0.39 is 50.2 Å². The summed E-state index contributed by atoms with van der Waals surface area (Å²) in [7, 11) is 0. The first kappa shape index (κ1) is 27.9. The van der Waals surface area contributed by atoms with Gasteiger partial charge in [0.2, 0.25) is 5.75 Å². The van der Waals surface area contributed by atoms with Crippen molar-refractivity contribution in [1.82, 2.24) is 0 Å². The summed E-state index contributed by atoms with van der Waals surface area (Å²) in [5.41, 5.74) is -2.87. The second kappa shape index (κ2) is 11.2. The maximum Gasteiger partial charge on any atom is 0.416 e. The third kappa shape index (κ3) is 6.55. The minimum Gasteiger partial charge on any atom is -0.447 e. The molecule has 1 N–H and O–H groups in total. The number of carbonyl (C=O) groups is 1. The van der Waals surface area contributed by atoms with E-state index in [1.54, 1.807) is 6.07 Å². The van der Waals surface area contributed by atoms with Crippen molar-refractivity contribution in [3.05, 3.63) is 102 Å².